The first kappa shape index (κ1) is 11.1. The van der Waals surface area contributed by atoms with E-state index in [9.17, 15) is 0 Å². The third-order valence-corrected chi connectivity index (χ3v) is 0.961. The van der Waals surface area contributed by atoms with E-state index >= 15 is 0 Å². The zero-order chi connectivity index (χ0) is 10.1. The zero-order valence-corrected chi connectivity index (χ0v) is 7.40. The molecule has 0 aliphatic heterocycles. The van der Waals surface area contributed by atoms with Gasteiger partial charge in [0.15, 0.2) is 0 Å². The number of hydrogen-bond donors (Lipinski definition) is 2. The molecule has 5 nitrogen and oxygen atoms in total. The molecule has 0 aromatic rings. The molecule has 3 N–H and O–H groups in total. The van der Waals surface area contributed by atoms with E-state index < -0.39 is 0 Å². The Hall–Kier alpha value is -1.91. The number of hydrogen-bond acceptors (Lipinski definition) is 5. The van der Waals surface area contributed by atoms with E-state index in [0.29, 0.717) is 0 Å². The Kier molecular flexibility index (Phi) is 5.78. The summed E-state index contributed by atoms with van der Waals surface area (Å²) in [4.78, 5) is 8.02. The Balaban J connectivity index is 4.00. The Bertz CT molecular complexity index is 265. The average Bonchev–Trinajstić information content (AvgIpc) is 2.12. The van der Waals surface area contributed by atoms with Crippen LogP contribution >= 0.6 is 0 Å². The van der Waals surface area contributed by atoms with Gasteiger partial charge >= 0.3 is 0 Å². The third-order valence-electron chi connectivity index (χ3n) is 0.961. The molecule has 0 amide bonds. The molecule has 0 aliphatic carbocycles. The maximum absolute atomic E-state index is 7.30. The maximum atomic E-state index is 7.30. The summed E-state index contributed by atoms with van der Waals surface area (Å²) in [5.74, 6) is 0.189. The molecule has 70 valence electrons. The van der Waals surface area contributed by atoms with Gasteiger partial charge in [-0.2, -0.15) is 0 Å². The summed E-state index contributed by atoms with van der Waals surface area (Å²) in [7, 11) is 0. The van der Waals surface area contributed by atoms with Crippen LogP contribution in [0.3, 0.4) is 0 Å². The van der Waals surface area contributed by atoms with E-state index in [1.165, 1.54) is 24.6 Å². The Labute approximate surface area is 76.8 Å². The van der Waals surface area contributed by atoms with Crippen molar-refractivity contribution in [2.24, 2.45) is 15.9 Å². The molecule has 0 spiro atoms. The molecule has 0 atom stereocenters. The van der Waals surface area contributed by atoms with Crippen molar-refractivity contribution in [1.82, 2.24) is 0 Å². The number of oxime groups is 1. The van der Waals surface area contributed by atoms with Gasteiger partial charge in [-0.3, -0.25) is 0 Å². The lowest BCUT2D eigenvalue weighted by molar-refractivity contribution is 0.270. The van der Waals surface area contributed by atoms with Gasteiger partial charge in [0.05, 0.1) is 5.71 Å². The van der Waals surface area contributed by atoms with E-state index in [-0.39, 0.29) is 11.5 Å². The average molecular weight is 180 g/mol. The third kappa shape index (κ3) is 6.49. The van der Waals surface area contributed by atoms with Gasteiger partial charge in [0, 0.05) is 18.4 Å². The quantitative estimate of drug-likeness (QED) is 0.376. The summed E-state index contributed by atoms with van der Waals surface area (Å²) < 4.78 is 0. The number of rotatable bonds is 5. The fourth-order valence-corrected chi connectivity index (χ4v) is 0.453. The highest BCUT2D eigenvalue weighted by atomic mass is 16.6. The van der Waals surface area contributed by atoms with E-state index in [4.69, 9.17) is 11.1 Å². The molecule has 0 radical (unpaired) electrons. The van der Waals surface area contributed by atoms with Crippen molar-refractivity contribution in [3.63, 3.8) is 0 Å². The van der Waals surface area contributed by atoms with Crippen LogP contribution in [0, 0.1) is 5.41 Å². The molecule has 0 fully saturated rings. The first-order chi connectivity index (χ1) is 6.20. The highest BCUT2D eigenvalue weighted by molar-refractivity contribution is 6.01. The fourth-order valence-electron chi connectivity index (χ4n) is 0.453. The second kappa shape index (κ2) is 6.78. The lowest BCUT2D eigenvalue weighted by Gasteiger charge is -1.90. The summed E-state index contributed by atoms with van der Waals surface area (Å²) in [5, 5.41) is 10.7. The first-order valence-corrected chi connectivity index (χ1v) is 3.53. The van der Waals surface area contributed by atoms with Gasteiger partial charge < -0.3 is 16.0 Å². The molecule has 0 aromatic heterocycles. The van der Waals surface area contributed by atoms with Gasteiger partial charge in [-0.25, -0.2) is 4.99 Å². The van der Waals surface area contributed by atoms with E-state index in [2.05, 4.69) is 21.7 Å². The SMILES string of the molecule is C=N/C(N)=C\C(=N)/C=C/O/N=C/C. The van der Waals surface area contributed by atoms with Gasteiger partial charge in [0.25, 0.3) is 0 Å². The van der Waals surface area contributed by atoms with Crippen molar-refractivity contribution in [2.45, 2.75) is 6.92 Å². The molecular weight excluding hydrogens is 168 g/mol. The van der Waals surface area contributed by atoms with Gasteiger partial charge in [0.1, 0.15) is 12.1 Å². The number of nitrogens with one attached hydrogen (secondary N) is 1. The lowest BCUT2D eigenvalue weighted by atomic mass is 10.3. The molecule has 0 saturated carbocycles. The van der Waals surface area contributed by atoms with E-state index in [1.807, 2.05) is 0 Å². The van der Waals surface area contributed by atoms with Crippen LogP contribution in [-0.2, 0) is 4.84 Å². The monoisotopic (exact) mass is 180 g/mol. The number of nitrogens with two attached hydrogens (primary N) is 1. The van der Waals surface area contributed by atoms with Crippen molar-refractivity contribution in [2.75, 3.05) is 0 Å². The molecule has 0 bridgehead atoms. The molecule has 13 heavy (non-hydrogen) atoms. The second-order valence-corrected chi connectivity index (χ2v) is 1.95. The predicted octanol–water partition coefficient (Wildman–Crippen LogP) is 1.04. The summed E-state index contributed by atoms with van der Waals surface area (Å²) in [6.07, 6.45) is 5.51. The number of allylic oxidation sites excluding steroid dienone is 2. The van der Waals surface area contributed by atoms with Crippen LogP contribution in [0.2, 0.25) is 0 Å². The van der Waals surface area contributed by atoms with Gasteiger partial charge in [0.2, 0.25) is 0 Å². The second-order valence-electron chi connectivity index (χ2n) is 1.95. The van der Waals surface area contributed by atoms with Crippen molar-refractivity contribution < 1.29 is 4.84 Å². The van der Waals surface area contributed by atoms with Gasteiger partial charge in [-0.1, -0.05) is 5.16 Å². The van der Waals surface area contributed by atoms with E-state index in [1.54, 1.807) is 6.92 Å². The molecule has 0 saturated heterocycles. The highest BCUT2D eigenvalue weighted by Crippen LogP contribution is 1.88. The van der Waals surface area contributed by atoms with Crippen molar-refractivity contribution >= 4 is 18.6 Å². The molecule has 0 aromatic carbocycles. The topological polar surface area (TPSA) is 83.8 Å². The first-order valence-electron chi connectivity index (χ1n) is 3.53. The predicted molar refractivity (Wildman–Crippen MR) is 53.9 cm³/mol. The highest BCUT2D eigenvalue weighted by Gasteiger charge is 1.86. The van der Waals surface area contributed by atoms with Gasteiger partial charge in [-0.15, -0.1) is 0 Å². The van der Waals surface area contributed by atoms with Crippen LogP contribution in [-0.4, -0.2) is 18.6 Å². The Morgan fingerprint density at radius 1 is 1.62 bits per heavy atom. The van der Waals surface area contributed by atoms with Crippen LogP contribution in [0.15, 0.2) is 34.4 Å². The molecule has 0 rings (SSSR count). The largest absolute Gasteiger partial charge is 0.384 e. The minimum Gasteiger partial charge on any atom is -0.384 e. The smallest absolute Gasteiger partial charge is 0.124 e. The number of nitrogens with zero attached hydrogens (tertiary/aromatic N) is 2. The summed E-state index contributed by atoms with van der Waals surface area (Å²) in [6, 6.07) is 0. The van der Waals surface area contributed by atoms with Crippen molar-refractivity contribution in [3.8, 4) is 0 Å². The molecule has 0 unspecified atom stereocenters. The number of aliphatic imine (C=N–C) groups is 1. The van der Waals surface area contributed by atoms with Crippen molar-refractivity contribution in [3.05, 3.63) is 24.2 Å². The molecule has 0 aliphatic rings. The van der Waals surface area contributed by atoms with Gasteiger partial charge in [-0.05, 0) is 13.6 Å². The summed E-state index contributed by atoms with van der Waals surface area (Å²) >= 11 is 0. The standard InChI is InChI=1S/C8H12N4O/c1-3-12-13-5-4-7(9)6-8(10)11-2/h3-6,9H,2,10H2,1H3/b5-4+,8-6-,9-7?,12-3+. The molecular formula is C8H12N4O. The Morgan fingerprint density at radius 3 is 2.85 bits per heavy atom. The fraction of sp³-hybridized carbons (Fsp3) is 0.125. The normalized spacial score (nSPS) is 12.2. The van der Waals surface area contributed by atoms with Crippen LogP contribution in [0.1, 0.15) is 6.92 Å². The van der Waals surface area contributed by atoms with Crippen LogP contribution < -0.4 is 5.73 Å². The van der Waals surface area contributed by atoms with Crippen LogP contribution in [0.25, 0.3) is 0 Å². The lowest BCUT2D eigenvalue weighted by Crippen LogP contribution is -1.96. The minimum absolute atomic E-state index is 0.163. The van der Waals surface area contributed by atoms with E-state index in [0.717, 1.165) is 0 Å². The maximum Gasteiger partial charge on any atom is 0.124 e. The molecule has 5 heteroatoms. The van der Waals surface area contributed by atoms with Crippen molar-refractivity contribution in [1.29, 1.82) is 5.41 Å². The summed E-state index contributed by atoms with van der Waals surface area (Å²) in [5.41, 5.74) is 5.45. The van der Waals surface area contributed by atoms with Crippen LogP contribution in [0.4, 0.5) is 0 Å². The van der Waals surface area contributed by atoms with Crippen LogP contribution in [0.5, 0.6) is 0 Å². The summed E-state index contributed by atoms with van der Waals surface area (Å²) in [6.45, 7) is 4.93. The zero-order valence-electron chi connectivity index (χ0n) is 7.40. The molecule has 0 heterocycles. The minimum atomic E-state index is 0.163. The Morgan fingerprint density at radius 2 is 2.31 bits per heavy atom.